The summed E-state index contributed by atoms with van der Waals surface area (Å²) in [6.45, 7) is 2.20. The average molecular weight is 270 g/mol. The molecule has 2 heterocycles. The summed E-state index contributed by atoms with van der Waals surface area (Å²) in [6.07, 6.45) is 0.774. The molecule has 2 rings (SSSR count). The second kappa shape index (κ2) is 5.21. The highest BCUT2D eigenvalue weighted by molar-refractivity contribution is 7.17. The summed E-state index contributed by atoms with van der Waals surface area (Å²) >= 11 is 1.32. The van der Waals surface area contributed by atoms with Gasteiger partial charge in [0.15, 0.2) is 5.01 Å². The van der Waals surface area contributed by atoms with Gasteiger partial charge in [-0.25, -0.2) is 9.78 Å². The van der Waals surface area contributed by atoms with E-state index in [1.54, 1.807) is 13.2 Å². The van der Waals surface area contributed by atoms with Crippen LogP contribution in [-0.4, -0.2) is 60.2 Å². The standard InChI is InChI=1S/C10H14N4O3S/c1-11-8(15)9-12-6-7(18-9)13-2-4-14(5-3-13)10(16)17/h6H,2-5H2,1H3,(H,11,15)(H,16,17). The lowest BCUT2D eigenvalue weighted by Gasteiger charge is -2.33. The van der Waals surface area contributed by atoms with Crippen LogP contribution in [0.15, 0.2) is 6.20 Å². The summed E-state index contributed by atoms with van der Waals surface area (Å²) in [5.74, 6) is -0.199. The highest BCUT2D eigenvalue weighted by Gasteiger charge is 2.22. The normalized spacial score (nSPS) is 15.6. The number of carbonyl (C=O) groups is 2. The predicted molar refractivity (Wildman–Crippen MR) is 67.3 cm³/mol. The number of aromatic nitrogens is 1. The van der Waals surface area contributed by atoms with Crippen LogP contribution >= 0.6 is 11.3 Å². The average Bonchev–Trinajstić information content (AvgIpc) is 2.87. The van der Waals surface area contributed by atoms with Crippen LogP contribution in [0.5, 0.6) is 0 Å². The van der Waals surface area contributed by atoms with Crippen molar-refractivity contribution in [3.8, 4) is 0 Å². The Kier molecular flexibility index (Phi) is 3.66. The molecule has 0 saturated carbocycles. The zero-order valence-corrected chi connectivity index (χ0v) is 10.7. The van der Waals surface area contributed by atoms with Crippen molar-refractivity contribution in [2.45, 2.75) is 0 Å². The fourth-order valence-corrected chi connectivity index (χ4v) is 2.66. The summed E-state index contributed by atoms with van der Waals surface area (Å²) in [5.41, 5.74) is 0. The molecule has 1 aromatic heterocycles. The van der Waals surface area contributed by atoms with E-state index in [9.17, 15) is 9.59 Å². The molecule has 0 bridgehead atoms. The van der Waals surface area contributed by atoms with E-state index in [2.05, 4.69) is 10.3 Å². The molecule has 1 aromatic rings. The van der Waals surface area contributed by atoms with E-state index >= 15 is 0 Å². The van der Waals surface area contributed by atoms with Gasteiger partial charge in [-0.2, -0.15) is 0 Å². The van der Waals surface area contributed by atoms with Crippen LogP contribution < -0.4 is 10.2 Å². The minimum atomic E-state index is -0.884. The van der Waals surface area contributed by atoms with Gasteiger partial charge < -0.3 is 20.2 Å². The van der Waals surface area contributed by atoms with Gasteiger partial charge in [-0.1, -0.05) is 11.3 Å². The van der Waals surface area contributed by atoms with Gasteiger partial charge in [-0.15, -0.1) is 0 Å². The number of nitrogens with zero attached hydrogens (tertiary/aromatic N) is 3. The predicted octanol–water partition coefficient (Wildman–Crippen LogP) is 0.303. The van der Waals surface area contributed by atoms with Crippen LogP contribution in [0.3, 0.4) is 0 Å². The molecule has 2 amide bonds. The van der Waals surface area contributed by atoms with Crippen molar-refractivity contribution in [3.63, 3.8) is 0 Å². The Labute approximate surface area is 108 Å². The Morgan fingerprint density at radius 3 is 2.61 bits per heavy atom. The Balaban J connectivity index is 1.99. The topological polar surface area (TPSA) is 85.8 Å². The quantitative estimate of drug-likeness (QED) is 0.807. The van der Waals surface area contributed by atoms with Crippen molar-refractivity contribution in [2.24, 2.45) is 0 Å². The molecular weight excluding hydrogens is 256 g/mol. The molecule has 98 valence electrons. The van der Waals surface area contributed by atoms with E-state index in [-0.39, 0.29) is 5.91 Å². The second-order valence-electron chi connectivity index (χ2n) is 3.84. The molecule has 1 aliphatic rings. The zero-order valence-electron chi connectivity index (χ0n) is 9.92. The van der Waals surface area contributed by atoms with Gasteiger partial charge in [0.1, 0.15) is 5.00 Å². The first kappa shape index (κ1) is 12.6. The van der Waals surface area contributed by atoms with Crippen molar-refractivity contribution in [1.29, 1.82) is 0 Å². The summed E-state index contributed by atoms with van der Waals surface area (Å²) < 4.78 is 0. The van der Waals surface area contributed by atoms with Crippen LogP contribution in [0.25, 0.3) is 0 Å². The van der Waals surface area contributed by atoms with E-state index in [0.717, 1.165) is 5.00 Å². The van der Waals surface area contributed by atoms with Gasteiger partial charge in [-0.3, -0.25) is 4.79 Å². The molecule has 0 radical (unpaired) electrons. The Morgan fingerprint density at radius 1 is 1.39 bits per heavy atom. The van der Waals surface area contributed by atoms with E-state index in [1.807, 2.05) is 4.90 Å². The van der Waals surface area contributed by atoms with Gasteiger partial charge in [0.2, 0.25) is 0 Å². The molecule has 1 saturated heterocycles. The SMILES string of the molecule is CNC(=O)c1ncc(N2CCN(C(=O)O)CC2)s1. The van der Waals surface area contributed by atoms with E-state index in [4.69, 9.17) is 5.11 Å². The van der Waals surface area contributed by atoms with E-state index < -0.39 is 6.09 Å². The number of hydrogen-bond acceptors (Lipinski definition) is 5. The smallest absolute Gasteiger partial charge is 0.407 e. The molecule has 7 nitrogen and oxygen atoms in total. The summed E-state index contributed by atoms with van der Waals surface area (Å²) in [4.78, 5) is 29.6. The third kappa shape index (κ3) is 2.53. The molecule has 0 aliphatic carbocycles. The third-order valence-corrected chi connectivity index (χ3v) is 3.83. The van der Waals surface area contributed by atoms with Crippen molar-refractivity contribution < 1.29 is 14.7 Å². The maximum absolute atomic E-state index is 11.4. The molecule has 0 atom stereocenters. The van der Waals surface area contributed by atoms with Gasteiger partial charge in [0.05, 0.1) is 6.20 Å². The van der Waals surface area contributed by atoms with Crippen LogP contribution in [-0.2, 0) is 0 Å². The maximum atomic E-state index is 11.4. The lowest BCUT2D eigenvalue weighted by molar-refractivity contribution is 0.0962. The Bertz CT molecular complexity index is 454. The van der Waals surface area contributed by atoms with Gasteiger partial charge in [-0.05, 0) is 0 Å². The number of carbonyl (C=O) groups excluding carboxylic acids is 1. The van der Waals surface area contributed by atoms with Crippen molar-refractivity contribution in [2.75, 3.05) is 38.1 Å². The summed E-state index contributed by atoms with van der Waals surface area (Å²) in [6, 6.07) is 0. The van der Waals surface area contributed by atoms with Crippen LogP contribution in [0, 0.1) is 0 Å². The minimum Gasteiger partial charge on any atom is -0.465 e. The second-order valence-corrected chi connectivity index (χ2v) is 4.85. The first-order valence-electron chi connectivity index (χ1n) is 5.52. The fraction of sp³-hybridized carbons (Fsp3) is 0.500. The van der Waals surface area contributed by atoms with Crippen LogP contribution in [0.4, 0.5) is 9.80 Å². The molecule has 0 aromatic carbocycles. The molecule has 1 aliphatic heterocycles. The molecule has 0 unspecified atom stereocenters. The number of carboxylic acid groups (broad SMARTS) is 1. The summed E-state index contributed by atoms with van der Waals surface area (Å²) in [5, 5.41) is 12.7. The number of rotatable bonds is 2. The lowest BCUT2D eigenvalue weighted by Crippen LogP contribution is -2.48. The molecule has 1 fully saturated rings. The Morgan fingerprint density at radius 2 is 2.06 bits per heavy atom. The number of anilines is 1. The molecule has 0 spiro atoms. The zero-order chi connectivity index (χ0) is 13.1. The van der Waals surface area contributed by atoms with E-state index in [0.29, 0.717) is 31.2 Å². The molecular formula is C10H14N4O3S. The number of amides is 2. The fourth-order valence-electron chi connectivity index (χ4n) is 1.74. The van der Waals surface area contributed by atoms with Crippen molar-refractivity contribution in [3.05, 3.63) is 11.2 Å². The first-order valence-corrected chi connectivity index (χ1v) is 6.34. The third-order valence-electron chi connectivity index (χ3n) is 2.78. The monoisotopic (exact) mass is 270 g/mol. The number of nitrogens with one attached hydrogen (secondary N) is 1. The van der Waals surface area contributed by atoms with E-state index in [1.165, 1.54) is 16.2 Å². The maximum Gasteiger partial charge on any atom is 0.407 e. The summed E-state index contributed by atoms with van der Waals surface area (Å²) in [7, 11) is 1.56. The number of piperazine rings is 1. The molecule has 8 heteroatoms. The number of thiazole rings is 1. The minimum absolute atomic E-state index is 0.199. The van der Waals surface area contributed by atoms with Crippen molar-refractivity contribution >= 4 is 28.3 Å². The largest absolute Gasteiger partial charge is 0.465 e. The van der Waals surface area contributed by atoms with Crippen molar-refractivity contribution in [1.82, 2.24) is 15.2 Å². The highest BCUT2D eigenvalue weighted by Crippen LogP contribution is 2.24. The molecule has 18 heavy (non-hydrogen) atoms. The van der Waals surface area contributed by atoms with Crippen LogP contribution in [0.1, 0.15) is 9.80 Å². The van der Waals surface area contributed by atoms with Gasteiger partial charge in [0.25, 0.3) is 5.91 Å². The highest BCUT2D eigenvalue weighted by atomic mass is 32.1. The van der Waals surface area contributed by atoms with Gasteiger partial charge in [0, 0.05) is 33.2 Å². The van der Waals surface area contributed by atoms with Gasteiger partial charge >= 0.3 is 6.09 Å². The Hall–Kier alpha value is -1.83. The van der Waals surface area contributed by atoms with Crippen LogP contribution in [0.2, 0.25) is 0 Å². The number of hydrogen-bond donors (Lipinski definition) is 2. The first-order chi connectivity index (χ1) is 8.61. The molecule has 2 N–H and O–H groups in total. The lowest BCUT2D eigenvalue weighted by atomic mass is 10.3.